The quantitative estimate of drug-likeness (QED) is 0.752. The summed E-state index contributed by atoms with van der Waals surface area (Å²) in [6.45, 7) is 3.85. The van der Waals surface area contributed by atoms with Crippen LogP contribution in [-0.4, -0.2) is 25.7 Å². The molecule has 110 valence electrons. The van der Waals surface area contributed by atoms with Crippen LogP contribution in [0.25, 0.3) is 0 Å². The molecule has 0 saturated heterocycles. The first-order valence-corrected chi connectivity index (χ1v) is 7.56. The fourth-order valence-electron chi connectivity index (χ4n) is 2.41. The minimum absolute atomic E-state index is 0.115. The molecule has 4 heteroatoms. The number of carbonyl (C=O) groups excluding carboxylic acids is 1. The number of hydrogen-bond donors (Lipinski definition) is 2. The van der Waals surface area contributed by atoms with Crippen molar-refractivity contribution in [2.24, 2.45) is 0 Å². The molecule has 20 heavy (non-hydrogen) atoms. The first-order valence-electron chi connectivity index (χ1n) is 7.56. The normalized spacial score (nSPS) is 12.8. The molecular formula is C16H24N2O2. The van der Waals surface area contributed by atoms with Gasteiger partial charge in [-0.15, -0.1) is 0 Å². The number of urea groups is 1. The van der Waals surface area contributed by atoms with E-state index in [1.807, 2.05) is 6.07 Å². The lowest BCUT2D eigenvalue weighted by atomic mass is 10.1. The monoisotopic (exact) mass is 276 g/mol. The summed E-state index contributed by atoms with van der Waals surface area (Å²) in [7, 11) is 0. The number of hydrogen-bond acceptors (Lipinski definition) is 2. The molecular weight excluding hydrogens is 252 g/mol. The fraction of sp³-hybridized carbons (Fsp3) is 0.562. The van der Waals surface area contributed by atoms with Crippen LogP contribution in [0.3, 0.4) is 0 Å². The van der Waals surface area contributed by atoms with E-state index in [0.717, 1.165) is 31.6 Å². The number of ether oxygens (including phenoxy) is 1. The van der Waals surface area contributed by atoms with E-state index in [2.05, 4.69) is 29.7 Å². The summed E-state index contributed by atoms with van der Waals surface area (Å²) in [6.07, 6.45) is 5.69. The first kappa shape index (κ1) is 14.7. The molecule has 2 rings (SSSR count). The Hall–Kier alpha value is -1.71. The molecule has 0 aliphatic heterocycles. The SMILES string of the molecule is CCCCNC(=O)NCCOc1ccc2c(c1)CCC2. The van der Waals surface area contributed by atoms with Crippen LogP contribution < -0.4 is 15.4 Å². The van der Waals surface area contributed by atoms with Crippen molar-refractivity contribution in [2.75, 3.05) is 19.7 Å². The zero-order chi connectivity index (χ0) is 14.2. The lowest BCUT2D eigenvalue weighted by molar-refractivity contribution is 0.236. The van der Waals surface area contributed by atoms with Gasteiger partial charge < -0.3 is 15.4 Å². The Labute approximate surface area is 120 Å². The number of benzene rings is 1. The topological polar surface area (TPSA) is 50.4 Å². The average molecular weight is 276 g/mol. The molecule has 2 N–H and O–H groups in total. The highest BCUT2D eigenvalue weighted by Crippen LogP contribution is 2.25. The molecule has 0 fully saturated rings. The lowest BCUT2D eigenvalue weighted by Gasteiger charge is -2.10. The van der Waals surface area contributed by atoms with Crippen molar-refractivity contribution in [1.82, 2.24) is 10.6 Å². The first-order chi connectivity index (χ1) is 9.79. The van der Waals surface area contributed by atoms with E-state index in [9.17, 15) is 4.79 Å². The number of fused-ring (bicyclic) bond motifs is 1. The summed E-state index contributed by atoms with van der Waals surface area (Å²) in [4.78, 5) is 11.4. The summed E-state index contributed by atoms with van der Waals surface area (Å²) in [5.41, 5.74) is 2.86. The predicted molar refractivity (Wildman–Crippen MR) is 80.3 cm³/mol. The molecule has 2 amide bonds. The van der Waals surface area contributed by atoms with Gasteiger partial charge in [-0.1, -0.05) is 19.4 Å². The Morgan fingerprint density at radius 2 is 2.00 bits per heavy atom. The Balaban J connectivity index is 1.62. The van der Waals surface area contributed by atoms with Crippen LogP contribution >= 0.6 is 0 Å². The van der Waals surface area contributed by atoms with Crippen LogP contribution in [-0.2, 0) is 12.8 Å². The van der Waals surface area contributed by atoms with Crippen molar-refractivity contribution < 1.29 is 9.53 Å². The maximum atomic E-state index is 11.4. The Kier molecular flexibility index (Phi) is 5.71. The van der Waals surface area contributed by atoms with Gasteiger partial charge in [0.1, 0.15) is 12.4 Å². The Morgan fingerprint density at radius 3 is 2.85 bits per heavy atom. The van der Waals surface area contributed by atoms with Crippen LogP contribution in [0.5, 0.6) is 5.75 Å². The number of nitrogens with one attached hydrogen (secondary N) is 2. The second kappa shape index (κ2) is 7.78. The minimum atomic E-state index is -0.115. The van der Waals surface area contributed by atoms with E-state index in [0.29, 0.717) is 13.2 Å². The number of unbranched alkanes of at least 4 members (excludes halogenated alkanes) is 1. The molecule has 1 aliphatic rings. The third-order valence-corrected chi connectivity index (χ3v) is 3.54. The maximum Gasteiger partial charge on any atom is 0.314 e. The van der Waals surface area contributed by atoms with Gasteiger partial charge in [0.05, 0.1) is 6.54 Å². The second-order valence-electron chi connectivity index (χ2n) is 5.17. The van der Waals surface area contributed by atoms with Crippen molar-refractivity contribution >= 4 is 6.03 Å². The maximum absolute atomic E-state index is 11.4. The molecule has 0 spiro atoms. The van der Waals surface area contributed by atoms with Crippen LogP contribution in [0.1, 0.15) is 37.3 Å². The number of carbonyl (C=O) groups is 1. The fourth-order valence-corrected chi connectivity index (χ4v) is 2.41. The largest absolute Gasteiger partial charge is 0.492 e. The third-order valence-electron chi connectivity index (χ3n) is 3.54. The van der Waals surface area contributed by atoms with E-state index >= 15 is 0 Å². The average Bonchev–Trinajstić information content (AvgIpc) is 2.91. The molecule has 4 nitrogen and oxygen atoms in total. The van der Waals surface area contributed by atoms with Gasteiger partial charge in [-0.05, 0) is 48.9 Å². The van der Waals surface area contributed by atoms with Gasteiger partial charge in [-0.25, -0.2) is 4.79 Å². The Morgan fingerprint density at radius 1 is 1.20 bits per heavy atom. The summed E-state index contributed by atoms with van der Waals surface area (Å²) in [5, 5.41) is 5.60. The summed E-state index contributed by atoms with van der Waals surface area (Å²) < 4.78 is 5.66. The van der Waals surface area contributed by atoms with Crippen molar-refractivity contribution in [3.8, 4) is 5.75 Å². The van der Waals surface area contributed by atoms with Crippen LogP contribution in [0.15, 0.2) is 18.2 Å². The van der Waals surface area contributed by atoms with Gasteiger partial charge in [-0.3, -0.25) is 0 Å². The van der Waals surface area contributed by atoms with E-state index in [4.69, 9.17) is 4.74 Å². The van der Waals surface area contributed by atoms with E-state index < -0.39 is 0 Å². The second-order valence-corrected chi connectivity index (χ2v) is 5.17. The van der Waals surface area contributed by atoms with Crippen LogP contribution in [0, 0.1) is 0 Å². The zero-order valence-corrected chi connectivity index (χ0v) is 12.2. The molecule has 0 unspecified atom stereocenters. The van der Waals surface area contributed by atoms with Gasteiger partial charge in [-0.2, -0.15) is 0 Å². The minimum Gasteiger partial charge on any atom is -0.492 e. The number of amides is 2. The highest BCUT2D eigenvalue weighted by atomic mass is 16.5. The number of rotatable bonds is 7. The number of aryl methyl sites for hydroxylation is 2. The Bertz CT molecular complexity index is 446. The smallest absolute Gasteiger partial charge is 0.314 e. The highest BCUT2D eigenvalue weighted by Gasteiger charge is 2.11. The van der Waals surface area contributed by atoms with Crippen LogP contribution in [0.2, 0.25) is 0 Å². The van der Waals surface area contributed by atoms with Gasteiger partial charge in [0.15, 0.2) is 0 Å². The predicted octanol–water partition coefficient (Wildman–Crippen LogP) is 2.65. The molecule has 0 aromatic heterocycles. The molecule has 0 bridgehead atoms. The van der Waals surface area contributed by atoms with Crippen molar-refractivity contribution in [3.63, 3.8) is 0 Å². The molecule has 0 radical (unpaired) electrons. The van der Waals surface area contributed by atoms with E-state index in [-0.39, 0.29) is 6.03 Å². The van der Waals surface area contributed by atoms with Gasteiger partial charge >= 0.3 is 6.03 Å². The summed E-state index contributed by atoms with van der Waals surface area (Å²) >= 11 is 0. The highest BCUT2D eigenvalue weighted by molar-refractivity contribution is 5.73. The zero-order valence-electron chi connectivity index (χ0n) is 12.2. The van der Waals surface area contributed by atoms with Crippen molar-refractivity contribution in [3.05, 3.63) is 29.3 Å². The van der Waals surface area contributed by atoms with E-state index in [1.54, 1.807) is 0 Å². The lowest BCUT2D eigenvalue weighted by Crippen LogP contribution is -2.38. The van der Waals surface area contributed by atoms with Gasteiger partial charge in [0.2, 0.25) is 0 Å². The van der Waals surface area contributed by atoms with Crippen LogP contribution in [0.4, 0.5) is 4.79 Å². The van der Waals surface area contributed by atoms with E-state index in [1.165, 1.54) is 24.0 Å². The third kappa shape index (κ3) is 4.44. The standard InChI is InChI=1S/C16H24N2O2/c1-2-3-9-17-16(19)18-10-11-20-15-8-7-13-5-4-6-14(13)12-15/h7-8,12H,2-6,9-11H2,1H3,(H2,17,18,19). The van der Waals surface area contributed by atoms with Crippen molar-refractivity contribution in [1.29, 1.82) is 0 Å². The summed E-state index contributed by atoms with van der Waals surface area (Å²) in [5.74, 6) is 0.902. The van der Waals surface area contributed by atoms with Crippen molar-refractivity contribution in [2.45, 2.75) is 39.0 Å². The van der Waals surface area contributed by atoms with Gasteiger partial charge in [0, 0.05) is 6.54 Å². The molecule has 1 aromatic rings. The summed E-state index contributed by atoms with van der Waals surface area (Å²) in [6, 6.07) is 6.19. The molecule has 1 aliphatic carbocycles. The molecule has 1 aromatic carbocycles. The molecule has 0 saturated carbocycles. The molecule has 0 atom stereocenters. The molecule has 0 heterocycles. The van der Waals surface area contributed by atoms with Gasteiger partial charge in [0.25, 0.3) is 0 Å².